The third-order valence-electron chi connectivity index (χ3n) is 3.48. The molecule has 2 heterocycles. The molecular weight excluding hydrogens is 276 g/mol. The lowest BCUT2D eigenvalue weighted by Gasteiger charge is -2.22. The van der Waals surface area contributed by atoms with E-state index >= 15 is 0 Å². The van der Waals surface area contributed by atoms with Crippen molar-refractivity contribution < 1.29 is 4.79 Å². The monoisotopic (exact) mass is 300 g/mol. The third kappa shape index (κ3) is 3.52. The first-order chi connectivity index (χ1) is 8.93. The molecule has 1 aromatic rings. The van der Waals surface area contributed by atoms with Crippen LogP contribution in [-0.4, -0.2) is 34.8 Å². The quantitative estimate of drug-likeness (QED) is 0.893. The van der Waals surface area contributed by atoms with Crippen molar-refractivity contribution in [2.45, 2.75) is 52.1 Å². The van der Waals surface area contributed by atoms with Gasteiger partial charge in [-0.15, -0.1) is 12.4 Å². The minimum Gasteiger partial charge on any atom is -0.348 e. The van der Waals surface area contributed by atoms with Crippen molar-refractivity contribution in [2.24, 2.45) is 0 Å². The zero-order valence-corrected chi connectivity index (χ0v) is 13.5. The molecule has 1 fully saturated rings. The van der Waals surface area contributed by atoms with E-state index in [0.717, 1.165) is 31.6 Å². The van der Waals surface area contributed by atoms with Gasteiger partial charge in [-0.1, -0.05) is 6.92 Å². The predicted octanol–water partition coefficient (Wildman–Crippen LogP) is 1.71. The zero-order chi connectivity index (χ0) is 14.0. The first kappa shape index (κ1) is 17.0. The van der Waals surface area contributed by atoms with Crippen LogP contribution in [0.5, 0.6) is 0 Å². The second-order valence-corrected chi connectivity index (χ2v) is 6.10. The summed E-state index contributed by atoms with van der Waals surface area (Å²) in [5.41, 5.74) is 1.62. The fraction of sp³-hybridized carbons (Fsp3) is 0.714. The van der Waals surface area contributed by atoms with Crippen LogP contribution in [0.2, 0.25) is 0 Å². The smallest absolute Gasteiger partial charge is 0.255 e. The summed E-state index contributed by atoms with van der Waals surface area (Å²) in [6.07, 6.45) is 3.51. The van der Waals surface area contributed by atoms with Gasteiger partial charge in [0.2, 0.25) is 0 Å². The molecule has 1 amide bonds. The summed E-state index contributed by atoms with van der Waals surface area (Å²) in [7, 11) is 0. The zero-order valence-electron chi connectivity index (χ0n) is 12.7. The van der Waals surface area contributed by atoms with E-state index in [1.807, 2.05) is 4.68 Å². The number of nitrogens with zero attached hydrogens (tertiary/aromatic N) is 2. The van der Waals surface area contributed by atoms with Crippen LogP contribution in [0.3, 0.4) is 0 Å². The molecule has 5 nitrogen and oxygen atoms in total. The molecule has 0 aromatic carbocycles. The van der Waals surface area contributed by atoms with Gasteiger partial charge in [0, 0.05) is 12.6 Å². The maximum Gasteiger partial charge on any atom is 0.255 e. The van der Waals surface area contributed by atoms with Crippen molar-refractivity contribution in [1.82, 2.24) is 20.4 Å². The maximum absolute atomic E-state index is 12.3. The highest BCUT2D eigenvalue weighted by Crippen LogP contribution is 2.19. The maximum atomic E-state index is 12.3. The van der Waals surface area contributed by atoms with Gasteiger partial charge in [0.05, 0.1) is 23.0 Å². The van der Waals surface area contributed by atoms with Crippen LogP contribution >= 0.6 is 12.4 Å². The SMILES string of the molecule is CCc1c(C(=O)NC2CCNC2)cnn1C(C)(C)C.Cl. The number of halogens is 1. The van der Waals surface area contributed by atoms with E-state index in [2.05, 4.69) is 43.4 Å². The van der Waals surface area contributed by atoms with Gasteiger partial charge >= 0.3 is 0 Å². The molecule has 114 valence electrons. The van der Waals surface area contributed by atoms with Crippen LogP contribution in [0, 0.1) is 0 Å². The topological polar surface area (TPSA) is 59.0 Å². The lowest BCUT2D eigenvalue weighted by Crippen LogP contribution is -2.36. The number of hydrogen-bond acceptors (Lipinski definition) is 3. The van der Waals surface area contributed by atoms with Gasteiger partial charge in [-0.2, -0.15) is 5.10 Å². The summed E-state index contributed by atoms with van der Waals surface area (Å²) in [4.78, 5) is 12.3. The largest absolute Gasteiger partial charge is 0.348 e. The Morgan fingerprint density at radius 2 is 2.25 bits per heavy atom. The fourth-order valence-corrected chi connectivity index (χ4v) is 2.52. The molecule has 0 aliphatic carbocycles. The predicted molar refractivity (Wildman–Crippen MR) is 82.6 cm³/mol. The number of carbonyl (C=O) groups is 1. The van der Waals surface area contributed by atoms with Gasteiger partial charge in [0.25, 0.3) is 5.91 Å². The molecule has 0 saturated carbocycles. The average Bonchev–Trinajstić information content (AvgIpc) is 2.94. The summed E-state index contributed by atoms with van der Waals surface area (Å²) in [5.74, 6) is 0.000972. The number of nitrogens with one attached hydrogen (secondary N) is 2. The van der Waals surface area contributed by atoms with E-state index < -0.39 is 0 Å². The van der Waals surface area contributed by atoms with Crippen LogP contribution in [0.25, 0.3) is 0 Å². The van der Waals surface area contributed by atoms with Crippen molar-refractivity contribution >= 4 is 18.3 Å². The molecule has 1 aromatic heterocycles. The van der Waals surface area contributed by atoms with Crippen LogP contribution in [-0.2, 0) is 12.0 Å². The summed E-state index contributed by atoms with van der Waals surface area (Å²) in [5, 5.41) is 10.7. The molecule has 2 rings (SSSR count). The molecule has 1 saturated heterocycles. The minimum absolute atomic E-state index is 0. The van der Waals surface area contributed by atoms with Gasteiger partial charge in [0.15, 0.2) is 0 Å². The van der Waals surface area contributed by atoms with Crippen molar-refractivity contribution in [3.05, 3.63) is 17.5 Å². The number of amides is 1. The van der Waals surface area contributed by atoms with Crippen LogP contribution in [0.4, 0.5) is 0 Å². The van der Waals surface area contributed by atoms with E-state index in [4.69, 9.17) is 0 Å². The van der Waals surface area contributed by atoms with Gasteiger partial charge < -0.3 is 10.6 Å². The Bertz CT molecular complexity index is 458. The summed E-state index contributed by atoms with van der Waals surface area (Å²) < 4.78 is 1.95. The molecule has 20 heavy (non-hydrogen) atoms. The Morgan fingerprint density at radius 1 is 1.55 bits per heavy atom. The Kier molecular flexibility index (Phi) is 5.59. The third-order valence-corrected chi connectivity index (χ3v) is 3.48. The Morgan fingerprint density at radius 3 is 2.75 bits per heavy atom. The Hall–Kier alpha value is -1.07. The standard InChI is InChI=1S/C14H24N4O.ClH/c1-5-12-11(9-16-18(12)14(2,3)4)13(19)17-10-6-7-15-8-10;/h9-10,15H,5-8H2,1-4H3,(H,17,19);1H. The van der Waals surface area contributed by atoms with Crippen molar-refractivity contribution in [3.8, 4) is 0 Å². The van der Waals surface area contributed by atoms with Crippen molar-refractivity contribution in [3.63, 3.8) is 0 Å². The first-order valence-corrected chi connectivity index (χ1v) is 7.02. The van der Waals surface area contributed by atoms with Crippen LogP contribution in [0.1, 0.15) is 50.2 Å². The van der Waals surface area contributed by atoms with E-state index in [9.17, 15) is 4.79 Å². The Balaban J connectivity index is 0.00000200. The van der Waals surface area contributed by atoms with Crippen molar-refractivity contribution in [2.75, 3.05) is 13.1 Å². The molecule has 0 radical (unpaired) electrons. The number of aromatic nitrogens is 2. The minimum atomic E-state index is -0.0984. The normalized spacial score (nSPS) is 18.7. The van der Waals surface area contributed by atoms with E-state index in [1.165, 1.54) is 0 Å². The Labute approximate surface area is 126 Å². The summed E-state index contributed by atoms with van der Waals surface area (Å²) >= 11 is 0. The highest BCUT2D eigenvalue weighted by molar-refractivity contribution is 5.95. The summed E-state index contributed by atoms with van der Waals surface area (Å²) in [6.45, 7) is 10.2. The van der Waals surface area contributed by atoms with Gasteiger partial charge in [-0.3, -0.25) is 9.48 Å². The molecule has 0 bridgehead atoms. The lowest BCUT2D eigenvalue weighted by atomic mass is 10.1. The molecule has 1 aliphatic rings. The van der Waals surface area contributed by atoms with E-state index in [-0.39, 0.29) is 29.9 Å². The first-order valence-electron chi connectivity index (χ1n) is 7.02. The fourth-order valence-electron chi connectivity index (χ4n) is 2.52. The number of carbonyl (C=O) groups excluding carboxylic acids is 1. The average molecular weight is 301 g/mol. The summed E-state index contributed by atoms with van der Waals surface area (Å²) in [6, 6.07) is 0.246. The second-order valence-electron chi connectivity index (χ2n) is 6.10. The molecule has 0 spiro atoms. The van der Waals surface area contributed by atoms with E-state index in [1.54, 1.807) is 6.20 Å². The molecule has 2 N–H and O–H groups in total. The molecule has 1 atom stereocenters. The van der Waals surface area contributed by atoms with Gasteiger partial charge in [-0.05, 0) is 40.2 Å². The highest BCUT2D eigenvalue weighted by Gasteiger charge is 2.25. The lowest BCUT2D eigenvalue weighted by molar-refractivity contribution is 0.0939. The second kappa shape index (κ2) is 6.59. The van der Waals surface area contributed by atoms with Crippen molar-refractivity contribution in [1.29, 1.82) is 0 Å². The van der Waals surface area contributed by atoms with Crippen LogP contribution < -0.4 is 10.6 Å². The number of rotatable bonds is 3. The molecule has 1 aliphatic heterocycles. The highest BCUT2D eigenvalue weighted by atomic mass is 35.5. The van der Waals surface area contributed by atoms with E-state index in [0.29, 0.717) is 5.56 Å². The number of hydrogen-bond donors (Lipinski definition) is 2. The van der Waals surface area contributed by atoms with Crippen LogP contribution in [0.15, 0.2) is 6.20 Å². The molecule has 1 unspecified atom stereocenters. The molecular formula is C14H25ClN4O. The van der Waals surface area contributed by atoms with Gasteiger partial charge in [-0.25, -0.2) is 0 Å². The van der Waals surface area contributed by atoms with Gasteiger partial charge in [0.1, 0.15) is 0 Å². The molecule has 6 heteroatoms.